The lowest BCUT2D eigenvalue weighted by atomic mass is 10.1. The number of amidine groups is 1. The van der Waals surface area contributed by atoms with Crippen LogP contribution in [-0.4, -0.2) is 40.6 Å². The van der Waals surface area contributed by atoms with Crippen molar-refractivity contribution in [2.24, 2.45) is 4.99 Å². The fourth-order valence-electron chi connectivity index (χ4n) is 1.22. The molecule has 0 aromatic carbocycles. The maximum Gasteiger partial charge on any atom is 0.307 e. The van der Waals surface area contributed by atoms with E-state index in [1.165, 1.54) is 18.7 Å². The summed E-state index contributed by atoms with van der Waals surface area (Å²) in [4.78, 5) is 25.6. The van der Waals surface area contributed by atoms with Crippen molar-refractivity contribution in [3.8, 4) is 0 Å². The Labute approximate surface area is 91.5 Å². The van der Waals surface area contributed by atoms with Gasteiger partial charge in [-0.05, 0) is 7.05 Å². The van der Waals surface area contributed by atoms with Gasteiger partial charge in [-0.1, -0.05) is 11.8 Å². The number of carboxylic acids is 1. The summed E-state index contributed by atoms with van der Waals surface area (Å²) in [5.74, 6) is -0.618. The summed E-state index contributed by atoms with van der Waals surface area (Å²) in [6.45, 7) is 1.39. The van der Waals surface area contributed by atoms with E-state index >= 15 is 0 Å². The van der Waals surface area contributed by atoms with Gasteiger partial charge in [0.2, 0.25) is 5.91 Å². The lowest BCUT2D eigenvalue weighted by Crippen LogP contribution is -2.43. The molecule has 0 bridgehead atoms. The van der Waals surface area contributed by atoms with Crippen molar-refractivity contribution in [3.63, 3.8) is 0 Å². The van der Waals surface area contributed by atoms with E-state index in [0.29, 0.717) is 10.9 Å². The molecule has 0 aliphatic carbocycles. The summed E-state index contributed by atoms with van der Waals surface area (Å²) in [6, 6.07) is 0. The van der Waals surface area contributed by atoms with Crippen molar-refractivity contribution in [1.82, 2.24) is 10.6 Å². The third-order valence-corrected chi connectivity index (χ3v) is 3.04. The molecule has 1 amide bonds. The highest BCUT2D eigenvalue weighted by Crippen LogP contribution is 2.27. The second kappa shape index (κ2) is 4.63. The van der Waals surface area contributed by atoms with Crippen molar-refractivity contribution in [2.45, 2.75) is 19.0 Å². The number of nitrogens with one attached hydrogen (secondary N) is 2. The number of carbonyl (C=O) groups is 2. The Bertz CT molecular complexity index is 318. The molecule has 3 N–H and O–H groups in total. The van der Waals surface area contributed by atoms with E-state index < -0.39 is 11.6 Å². The predicted octanol–water partition coefficient (Wildman–Crippen LogP) is -0.384. The molecule has 1 aliphatic rings. The smallest absolute Gasteiger partial charge is 0.307 e. The molecule has 1 heterocycles. The van der Waals surface area contributed by atoms with E-state index in [-0.39, 0.29) is 12.3 Å². The minimum Gasteiger partial charge on any atom is -0.481 e. The highest BCUT2D eigenvalue weighted by Gasteiger charge is 2.36. The van der Waals surface area contributed by atoms with Gasteiger partial charge in [0.25, 0.3) is 0 Å². The van der Waals surface area contributed by atoms with Gasteiger partial charge in [0.15, 0.2) is 5.17 Å². The molecule has 1 rings (SSSR count). The minimum atomic E-state index is -0.919. The molecule has 0 fully saturated rings. The molecule has 15 heavy (non-hydrogen) atoms. The number of amides is 1. The van der Waals surface area contributed by atoms with E-state index in [9.17, 15) is 9.59 Å². The maximum absolute atomic E-state index is 10.8. The fourth-order valence-corrected chi connectivity index (χ4v) is 2.36. The SMILES string of the molecule is CNC1(CC(=O)O)CSC(NC(C)=O)=N1. The zero-order chi connectivity index (χ0) is 11.5. The fraction of sp³-hybridized carbons (Fsp3) is 0.625. The van der Waals surface area contributed by atoms with Crippen molar-refractivity contribution in [1.29, 1.82) is 0 Å². The average Bonchev–Trinajstić information content (AvgIpc) is 2.47. The van der Waals surface area contributed by atoms with Gasteiger partial charge >= 0.3 is 5.97 Å². The first-order valence-corrected chi connectivity index (χ1v) is 5.37. The summed E-state index contributed by atoms with van der Waals surface area (Å²) in [5, 5.41) is 14.6. The van der Waals surface area contributed by atoms with Gasteiger partial charge in [0.1, 0.15) is 5.66 Å². The predicted molar refractivity (Wildman–Crippen MR) is 57.8 cm³/mol. The largest absolute Gasteiger partial charge is 0.481 e. The quantitative estimate of drug-likeness (QED) is 0.615. The van der Waals surface area contributed by atoms with Gasteiger partial charge in [-0.25, -0.2) is 4.99 Å². The number of carboxylic acid groups (broad SMARTS) is 1. The summed E-state index contributed by atoms with van der Waals surface area (Å²) in [7, 11) is 1.66. The summed E-state index contributed by atoms with van der Waals surface area (Å²) in [5.41, 5.74) is -0.797. The molecule has 0 aromatic rings. The lowest BCUT2D eigenvalue weighted by molar-refractivity contribution is -0.138. The number of rotatable bonds is 3. The maximum atomic E-state index is 10.8. The van der Waals surface area contributed by atoms with Crippen LogP contribution < -0.4 is 10.6 Å². The van der Waals surface area contributed by atoms with Crippen LogP contribution in [0.1, 0.15) is 13.3 Å². The van der Waals surface area contributed by atoms with Crippen LogP contribution in [0.4, 0.5) is 0 Å². The molecule has 1 atom stereocenters. The number of hydrogen-bond donors (Lipinski definition) is 3. The first-order valence-electron chi connectivity index (χ1n) is 4.38. The van der Waals surface area contributed by atoms with E-state index in [2.05, 4.69) is 15.6 Å². The van der Waals surface area contributed by atoms with Crippen LogP contribution >= 0.6 is 11.8 Å². The van der Waals surface area contributed by atoms with Gasteiger partial charge in [-0.3, -0.25) is 14.9 Å². The molecule has 0 aromatic heterocycles. The molecule has 0 spiro atoms. The third kappa shape index (κ3) is 3.21. The Balaban J connectivity index is 2.73. The molecule has 0 saturated carbocycles. The van der Waals surface area contributed by atoms with Crippen LogP contribution in [0, 0.1) is 0 Å². The number of hydrogen-bond acceptors (Lipinski definition) is 5. The Morgan fingerprint density at radius 1 is 1.67 bits per heavy atom. The summed E-state index contributed by atoms with van der Waals surface area (Å²) in [6.07, 6.45) is -0.0976. The molecule has 6 nitrogen and oxygen atoms in total. The third-order valence-electron chi connectivity index (χ3n) is 1.96. The summed E-state index contributed by atoms with van der Waals surface area (Å²) < 4.78 is 0. The zero-order valence-electron chi connectivity index (χ0n) is 8.53. The second-order valence-electron chi connectivity index (χ2n) is 3.24. The van der Waals surface area contributed by atoms with Crippen LogP contribution in [0.15, 0.2) is 4.99 Å². The van der Waals surface area contributed by atoms with Gasteiger partial charge in [0, 0.05) is 12.7 Å². The van der Waals surface area contributed by atoms with Crippen LogP contribution in [0.3, 0.4) is 0 Å². The van der Waals surface area contributed by atoms with Gasteiger partial charge in [-0.15, -0.1) is 0 Å². The van der Waals surface area contributed by atoms with Gasteiger partial charge in [-0.2, -0.15) is 0 Å². The molecule has 0 saturated heterocycles. The number of thioether (sulfide) groups is 1. The molecule has 1 aliphatic heterocycles. The van der Waals surface area contributed by atoms with E-state index in [1.807, 2.05) is 0 Å². The topological polar surface area (TPSA) is 90.8 Å². The number of nitrogens with zero attached hydrogens (tertiary/aromatic N) is 1. The molecule has 84 valence electrons. The zero-order valence-corrected chi connectivity index (χ0v) is 9.35. The average molecular weight is 231 g/mol. The van der Waals surface area contributed by atoms with Gasteiger partial charge in [0.05, 0.1) is 6.42 Å². The molecular formula is C8H13N3O3S. The number of aliphatic carboxylic acids is 1. The highest BCUT2D eigenvalue weighted by atomic mass is 32.2. The number of aliphatic imine (C=N–C) groups is 1. The van der Waals surface area contributed by atoms with Crippen LogP contribution in [0.2, 0.25) is 0 Å². The van der Waals surface area contributed by atoms with Crippen molar-refractivity contribution >= 4 is 28.8 Å². The van der Waals surface area contributed by atoms with Crippen molar-refractivity contribution in [3.05, 3.63) is 0 Å². The van der Waals surface area contributed by atoms with Crippen LogP contribution in [0.25, 0.3) is 0 Å². The van der Waals surface area contributed by atoms with Gasteiger partial charge < -0.3 is 10.4 Å². The van der Waals surface area contributed by atoms with E-state index in [4.69, 9.17) is 5.11 Å². The number of carbonyl (C=O) groups excluding carboxylic acids is 1. The Morgan fingerprint density at radius 2 is 2.33 bits per heavy atom. The van der Waals surface area contributed by atoms with Crippen molar-refractivity contribution in [2.75, 3.05) is 12.8 Å². The van der Waals surface area contributed by atoms with Crippen LogP contribution in [0.5, 0.6) is 0 Å². The normalized spacial score (nSPS) is 24.8. The standard InChI is InChI=1S/C8H13N3O3S/c1-5(12)10-7-11-8(9-2,4-15-7)3-6(13)14/h9H,3-4H2,1-2H3,(H,13,14)(H,10,11,12). The second-order valence-corrected chi connectivity index (χ2v) is 4.20. The molecule has 1 unspecified atom stereocenters. The van der Waals surface area contributed by atoms with E-state index in [0.717, 1.165) is 0 Å². The van der Waals surface area contributed by atoms with Crippen LogP contribution in [-0.2, 0) is 9.59 Å². The highest BCUT2D eigenvalue weighted by molar-refractivity contribution is 8.14. The van der Waals surface area contributed by atoms with E-state index in [1.54, 1.807) is 7.05 Å². The first-order chi connectivity index (χ1) is 6.97. The molecular weight excluding hydrogens is 218 g/mol. The minimum absolute atomic E-state index is 0.0976. The Morgan fingerprint density at radius 3 is 2.80 bits per heavy atom. The first kappa shape index (κ1) is 12.0. The molecule has 7 heteroatoms. The lowest BCUT2D eigenvalue weighted by Gasteiger charge is -2.21. The van der Waals surface area contributed by atoms with Crippen molar-refractivity contribution < 1.29 is 14.7 Å². The molecule has 0 radical (unpaired) electrons. The Kier molecular flexibility index (Phi) is 3.70. The Hall–Kier alpha value is -1.08. The monoisotopic (exact) mass is 231 g/mol. The summed E-state index contributed by atoms with van der Waals surface area (Å²) >= 11 is 1.34.